The minimum atomic E-state index is 0. The first-order chi connectivity index (χ1) is 3.29. The standard InChI is InChI=1S/C4H7N3.FH.H2/c1-3-5-4(2)7-6-3;;/h1-2H3,(H,5,6,7);2*1H. The molecule has 1 aromatic heterocycles. The fraction of sp³-hybridized carbons (Fsp3) is 0.500. The number of halogens is 1. The van der Waals surface area contributed by atoms with Gasteiger partial charge in [-0.15, -0.1) is 0 Å². The molecule has 0 amide bonds. The van der Waals surface area contributed by atoms with E-state index in [2.05, 4.69) is 15.2 Å². The number of hydrogen-bond donors (Lipinski definition) is 1. The van der Waals surface area contributed by atoms with E-state index in [1.165, 1.54) is 0 Å². The van der Waals surface area contributed by atoms with Crippen molar-refractivity contribution in [2.75, 3.05) is 0 Å². The molecule has 0 atom stereocenters. The van der Waals surface area contributed by atoms with Gasteiger partial charge in [0.05, 0.1) is 0 Å². The molecule has 1 aromatic rings. The van der Waals surface area contributed by atoms with E-state index < -0.39 is 0 Å². The van der Waals surface area contributed by atoms with E-state index in [0.717, 1.165) is 11.6 Å². The fourth-order valence-electron chi connectivity index (χ4n) is 0.455. The van der Waals surface area contributed by atoms with Gasteiger partial charge in [0.2, 0.25) is 0 Å². The summed E-state index contributed by atoms with van der Waals surface area (Å²) >= 11 is 0. The van der Waals surface area contributed by atoms with E-state index >= 15 is 0 Å². The first kappa shape index (κ1) is 7.07. The molecule has 0 saturated heterocycles. The molecular weight excluding hydrogens is 109 g/mol. The van der Waals surface area contributed by atoms with Gasteiger partial charge in [-0.1, -0.05) is 0 Å². The summed E-state index contributed by atoms with van der Waals surface area (Å²) in [6, 6.07) is 0. The molecule has 0 saturated carbocycles. The van der Waals surface area contributed by atoms with Crippen molar-refractivity contribution in [2.45, 2.75) is 13.8 Å². The molecule has 0 aliphatic carbocycles. The Balaban J connectivity index is 0. The fourth-order valence-corrected chi connectivity index (χ4v) is 0.455. The van der Waals surface area contributed by atoms with Gasteiger partial charge in [-0.25, -0.2) is 4.98 Å². The Kier molecular flexibility index (Phi) is 2.12. The van der Waals surface area contributed by atoms with Crippen molar-refractivity contribution in [1.29, 1.82) is 0 Å². The lowest BCUT2D eigenvalue weighted by Crippen LogP contribution is -1.70. The first-order valence-corrected chi connectivity index (χ1v) is 2.14. The van der Waals surface area contributed by atoms with Crippen LogP contribution in [0.25, 0.3) is 0 Å². The summed E-state index contributed by atoms with van der Waals surface area (Å²) < 4.78 is 0. The molecule has 1 rings (SSSR count). The second-order valence-electron chi connectivity index (χ2n) is 1.47. The van der Waals surface area contributed by atoms with Gasteiger partial charge >= 0.3 is 0 Å². The van der Waals surface area contributed by atoms with Gasteiger partial charge < -0.3 is 0 Å². The van der Waals surface area contributed by atoms with Crippen molar-refractivity contribution in [3.63, 3.8) is 0 Å². The second-order valence-corrected chi connectivity index (χ2v) is 1.47. The molecule has 0 bridgehead atoms. The number of aromatic amines is 1. The molecule has 48 valence electrons. The summed E-state index contributed by atoms with van der Waals surface area (Å²) in [6.45, 7) is 3.73. The normalized spacial score (nSPS) is 8.25. The topological polar surface area (TPSA) is 41.6 Å². The third kappa shape index (κ3) is 1.29. The highest BCUT2D eigenvalue weighted by atomic mass is 19.0. The molecule has 1 heterocycles. The second kappa shape index (κ2) is 2.40. The van der Waals surface area contributed by atoms with Gasteiger partial charge in [0.1, 0.15) is 11.6 Å². The summed E-state index contributed by atoms with van der Waals surface area (Å²) in [7, 11) is 0. The molecule has 8 heavy (non-hydrogen) atoms. The zero-order chi connectivity index (χ0) is 5.28. The van der Waals surface area contributed by atoms with Crippen LogP contribution in [0.1, 0.15) is 13.1 Å². The SMILES string of the molecule is Cc1n[nH]c(C)n1.F.[HH]. The molecule has 0 spiro atoms. The van der Waals surface area contributed by atoms with Crippen LogP contribution >= 0.6 is 0 Å². The van der Waals surface area contributed by atoms with Crippen molar-refractivity contribution in [1.82, 2.24) is 15.2 Å². The predicted octanol–water partition coefficient (Wildman–Crippen LogP) is 0.820. The van der Waals surface area contributed by atoms with E-state index in [-0.39, 0.29) is 6.13 Å². The van der Waals surface area contributed by atoms with Crippen molar-refractivity contribution >= 4 is 0 Å². The Morgan fingerprint density at radius 3 is 2.25 bits per heavy atom. The molecule has 0 aromatic carbocycles. The average molecular weight is 119 g/mol. The number of nitrogens with zero attached hydrogens (tertiary/aromatic N) is 2. The smallest absolute Gasteiger partial charge is 0.147 e. The minimum Gasteiger partial charge on any atom is -0.269 e. The number of H-pyrrole nitrogens is 1. The zero-order valence-corrected chi connectivity index (χ0v) is 4.80. The highest BCUT2D eigenvalue weighted by Gasteiger charge is 1.86. The Labute approximate surface area is 48.0 Å². The lowest BCUT2D eigenvalue weighted by atomic mass is 10.7. The lowest BCUT2D eigenvalue weighted by molar-refractivity contribution is 1.02. The molecule has 0 fully saturated rings. The monoisotopic (exact) mass is 119 g/mol. The van der Waals surface area contributed by atoms with Gasteiger partial charge in [-0.2, -0.15) is 5.10 Å². The highest BCUT2D eigenvalue weighted by molar-refractivity contribution is 4.82. The number of aryl methyl sites for hydroxylation is 2. The van der Waals surface area contributed by atoms with Gasteiger partial charge in [-0.05, 0) is 13.8 Å². The molecule has 3 nitrogen and oxygen atoms in total. The number of aromatic nitrogens is 3. The third-order valence-corrected chi connectivity index (χ3v) is 0.709. The maximum absolute atomic E-state index is 3.94. The summed E-state index contributed by atoms with van der Waals surface area (Å²) in [6.07, 6.45) is 0. The third-order valence-electron chi connectivity index (χ3n) is 0.709. The quantitative estimate of drug-likeness (QED) is 0.549. The van der Waals surface area contributed by atoms with Crippen molar-refractivity contribution in [3.05, 3.63) is 11.6 Å². The zero-order valence-electron chi connectivity index (χ0n) is 4.80. The number of rotatable bonds is 0. The average Bonchev–Trinajstić information content (AvgIpc) is 1.87. The van der Waals surface area contributed by atoms with Crippen LogP contribution in [-0.4, -0.2) is 15.2 Å². The Bertz CT molecular complexity index is 148. The number of hydrogen-bond acceptors (Lipinski definition) is 2. The van der Waals surface area contributed by atoms with E-state index in [4.69, 9.17) is 0 Å². The molecule has 4 heteroatoms. The van der Waals surface area contributed by atoms with E-state index in [1.54, 1.807) is 0 Å². The minimum absolute atomic E-state index is 0. The molecule has 0 aliphatic heterocycles. The van der Waals surface area contributed by atoms with Crippen LogP contribution in [0.2, 0.25) is 0 Å². The van der Waals surface area contributed by atoms with Gasteiger partial charge in [0.25, 0.3) is 0 Å². The van der Waals surface area contributed by atoms with E-state index in [9.17, 15) is 0 Å². The summed E-state index contributed by atoms with van der Waals surface area (Å²) in [5.41, 5.74) is 0. The van der Waals surface area contributed by atoms with Crippen LogP contribution in [0.4, 0.5) is 4.70 Å². The van der Waals surface area contributed by atoms with Crippen LogP contribution in [0.5, 0.6) is 0 Å². The van der Waals surface area contributed by atoms with Crippen LogP contribution in [0.15, 0.2) is 0 Å². The van der Waals surface area contributed by atoms with Crippen LogP contribution in [-0.2, 0) is 0 Å². The van der Waals surface area contributed by atoms with E-state index in [1.807, 2.05) is 13.8 Å². The van der Waals surface area contributed by atoms with Crippen molar-refractivity contribution < 1.29 is 6.13 Å². The summed E-state index contributed by atoms with van der Waals surface area (Å²) in [5, 5.41) is 6.49. The molecule has 0 radical (unpaired) electrons. The highest BCUT2D eigenvalue weighted by Crippen LogP contribution is 1.83. The van der Waals surface area contributed by atoms with E-state index in [0.29, 0.717) is 0 Å². The lowest BCUT2D eigenvalue weighted by Gasteiger charge is -1.68. The molecule has 0 aliphatic rings. The maximum atomic E-state index is 3.94. The Morgan fingerprint density at radius 1 is 1.50 bits per heavy atom. The Morgan fingerprint density at radius 2 is 2.12 bits per heavy atom. The summed E-state index contributed by atoms with van der Waals surface area (Å²) in [5.74, 6) is 1.68. The summed E-state index contributed by atoms with van der Waals surface area (Å²) in [4.78, 5) is 3.94. The Hall–Kier alpha value is -0.930. The van der Waals surface area contributed by atoms with Crippen molar-refractivity contribution in [2.24, 2.45) is 0 Å². The molecule has 1 N–H and O–H groups in total. The molecular formula is C4H10FN3. The first-order valence-electron chi connectivity index (χ1n) is 2.14. The maximum Gasteiger partial charge on any atom is 0.147 e. The largest absolute Gasteiger partial charge is 0.269 e. The van der Waals surface area contributed by atoms with Gasteiger partial charge in [0.15, 0.2) is 0 Å². The van der Waals surface area contributed by atoms with Gasteiger partial charge in [0, 0.05) is 1.43 Å². The van der Waals surface area contributed by atoms with Crippen LogP contribution in [0.3, 0.4) is 0 Å². The van der Waals surface area contributed by atoms with Crippen LogP contribution < -0.4 is 0 Å². The van der Waals surface area contributed by atoms with Crippen LogP contribution in [0, 0.1) is 13.8 Å². The molecule has 0 unspecified atom stereocenters. The van der Waals surface area contributed by atoms with Crippen molar-refractivity contribution in [3.8, 4) is 0 Å². The predicted molar refractivity (Wildman–Crippen MR) is 30.5 cm³/mol. The number of nitrogens with one attached hydrogen (secondary N) is 1. The van der Waals surface area contributed by atoms with Gasteiger partial charge in [-0.3, -0.25) is 9.80 Å².